The first kappa shape index (κ1) is 31.4. The Morgan fingerprint density at radius 2 is 1.68 bits per heavy atom. The molecule has 0 spiro atoms. The first-order valence-electron chi connectivity index (χ1n) is 14.2. The highest BCUT2D eigenvalue weighted by Crippen LogP contribution is 2.36. The molecule has 0 aromatic heterocycles. The summed E-state index contributed by atoms with van der Waals surface area (Å²) in [4.78, 5) is 43.0. The highest BCUT2D eigenvalue weighted by Gasteiger charge is 2.53. The first-order chi connectivity index (χ1) is 19.3. The summed E-state index contributed by atoms with van der Waals surface area (Å²) in [5, 5.41) is 7.59. The molecular weight excluding hydrogens is 563 g/mol. The van der Waals surface area contributed by atoms with Crippen molar-refractivity contribution in [1.29, 1.82) is 0 Å². The zero-order valence-corrected chi connectivity index (χ0v) is 26.1. The molecule has 4 rings (SSSR count). The fraction of sp³-hybridized carbons (Fsp3) is 0.516. The van der Waals surface area contributed by atoms with Crippen molar-refractivity contribution in [1.82, 2.24) is 15.5 Å². The van der Waals surface area contributed by atoms with Crippen molar-refractivity contribution in [2.24, 2.45) is 0 Å². The second-order valence-corrected chi connectivity index (χ2v) is 13.0. The van der Waals surface area contributed by atoms with Crippen LogP contribution in [0.5, 0.6) is 0 Å². The van der Waals surface area contributed by atoms with E-state index in [1.54, 1.807) is 17.0 Å². The van der Waals surface area contributed by atoms with Crippen LogP contribution in [0.1, 0.15) is 66.7 Å². The van der Waals surface area contributed by atoms with Crippen molar-refractivity contribution in [3.8, 4) is 0 Å². The van der Waals surface area contributed by atoms with Gasteiger partial charge in [0.1, 0.15) is 24.7 Å². The van der Waals surface area contributed by atoms with Crippen LogP contribution in [-0.2, 0) is 9.53 Å². The highest BCUT2D eigenvalue weighted by molar-refractivity contribution is 6.42. The van der Waals surface area contributed by atoms with E-state index in [0.29, 0.717) is 61.2 Å². The number of carbonyl (C=O) groups is 3. The fourth-order valence-corrected chi connectivity index (χ4v) is 6.15. The quantitative estimate of drug-likeness (QED) is 0.443. The Hall–Kier alpha value is -2.49. The minimum atomic E-state index is -0.549. The number of nitrogens with zero attached hydrogens (tertiary/aromatic N) is 2. The van der Waals surface area contributed by atoms with E-state index in [2.05, 4.69) is 10.6 Å². The topological polar surface area (TPSA) is 87.7 Å². The molecule has 0 radical (unpaired) electrons. The van der Waals surface area contributed by atoms with Crippen LogP contribution >= 0.6 is 23.2 Å². The van der Waals surface area contributed by atoms with E-state index in [-0.39, 0.29) is 35.0 Å². The Bertz CT molecular complexity index is 1280. The predicted molar refractivity (Wildman–Crippen MR) is 161 cm³/mol. The maximum Gasteiger partial charge on any atom is 0.410 e. The third-order valence-corrected chi connectivity index (χ3v) is 8.54. The lowest BCUT2D eigenvalue weighted by Crippen LogP contribution is -2.68. The van der Waals surface area contributed by atoms with Crippen LogP contribution in [0, 0.1) is 13.8 Å². The average Bonchev–Trinajstić information content (AvgIpc) is 2.91. The maximum absolute atomic E-state index is 14.5. The summed E-state index contributed by atoms with van der Waals surface area (Å²) in [5.41, 5.74) is 2.69. The average molecular weight is 605 g/mol. The van der Waals surface area contributed by atoms with Gasteiger partial charge < -0.3 is 20.3 Å². The van der Waals surface area contributed by atoms with Gasteiger partial charge in [-0.05, 0) is 82.9 Å². The van der Waals surface area contributed by atoms with Gasteiger partial charge in [-0.1, -0.05) is 35.3 Å². The Kier molecular flexibility index (Phi) is 9.81. The molecule has 41 heavy (non-hydrogen) atoms. The third-order valence-electron chi connectivity index (χ3n) is 7.80. The van der Waals surface area contributed by atoms with Gasteiger partial charge >= 0.3 is 17.9 Å². The van der Waals surface area contributed by atoms with Gasteiger partial charge in [0.25, 0.3) is 0 Å². The molecule has 2 aromatic carbocycles. The van der Waals surface area contributed by atoms with Crippen LogP contribution < -0.4 is 10.6 Å². The zero-order valence-electron chi connectivity index (χ0n) is 24.6. The lowest BCUT2D eigenvalue weighted by atomic mass is 9.96. The van der Waals surface area contributed by atoms with Crippen molar-refractivity contribution >= 4 is 41.1 Å². The number of aryl methyl sites for hydroxylation is 2. The number of piperazine rings is 1. The van der Waals surface area contributed by atoms with Gasteiger partial charge in [0, 0.05) is 31.2 Å². The molecule has 2 heterocycles. The normalized spacial score (nSPS) is 21.9. The standard InChI is InChI=1S/C31H41Cl2N4O4/c1-20-14-21(2)16-23(15-20)29(39)37(13-10-34-18-27(37)22-6-7-25(32)26(33)17-22)28(38)19-35-24-8-11-36(12-9-24)30(40)41-31(3,4)5/h6-7,14-17,24,27,34-35H,8-13,18-19H2,1-5H3/q+1/t27-,37?/m0/s1. The molecule has 0 saturated carbocycles. The van der Waals surface area contributed by atoms with Gasteiger partial charge in [0.15, 0.2) is 0 Å². The molecule has 2 aliphatic heterocycles. The van der Waals surface area contributed by atoms with Crippen molar-refractivity contribution in [3.05, 3.63) is 68.7 Å². The third kappa shape index (κ3) is 7.30. The number of likely N-dealkylation sites (tertiary alicyclic amines) is 1. The van der Waals surface area contributed by atoms with Crippen LogP contribution in [0.3, 0.4) is 0 Å². The second-order valence-electron chi connectivity index (χ2n) is 12.2. The summed E-state index contributed by atoms with van der Waals surface area (Å²) in [6, 6.07) is 10.6. The number of benzene rings is 2. The van der Waals surface area contributed by atoms with Crippen LogP contribution in [0.4, 0.5) is 4.79 Å². The summed E-state index contributed by atoms with van der Waals surface area (Å²) < 4.78 is 5.16. The Balaban J connectivity index is 1.58. The molecule has 2 N–H and O–H groups in total. The van der Waals surface area contributed by atoms with Gasteiger partial charge in [0.05, 0.1) is 22.2 Å². The molecule has 2 aromatic rings. The molecule has 2 saturated heterocycles. The van der Waals surface area contributed by atoms with Crippen molar-refractivity contribution in [2.75, 3.05) is 39.3 Å². The molecule has 10 heteroatoms. The summed E-state index contributed by atoms with van der Waals surface area (Å²) in [6.45, 7) is 11.8. The van der Waals surface area contributed by atoms with E-state index in [1.807, 2.05) is 58.9 Å². The van der Waals surface area contributed by atoms with E-state index in [9.17, 15) is 14.4 Å². The summed E-state index contributed by atoms with van der Waals surface area (Å²) >= 11 is 12.6. The zero-order chi connectivity index (χ0) is 29.9. The number of halogens is 2. The van der Waals surface area contributed by atoms with Crippen LogP contribution in [0.2, 0.25) is 10.0 Å². The number of nitrogens with one attached hydrogen (secondary N) is 2. The lowest BCUT2D eigenvalue weighted by molar-refractivity contribution is -0.809. The van der Waals surface area contributed by atoms with E-state index < -0.39 is 11.6 Å². The number of piperidine rings is 1. The largest absolute Gasteiger partial charge is 0.444 e. The van der Waals surface area contributed by atoms with Crippen molar-refractivity contribution in [2.45, 2.75) is 65.1 Å². The molecule has 2 atom stereocenters. The minimum absolute atomic E-state index is 0.0332. The highest BCUT2D eigenvalue weighted by atomic mass is 35.5. The van der Waals surface area contributed by atoms with Crippen LogP contribution in [-0.4, -0.2) is 78.2 Å². The molecule has 3 amide bonds. The van der Waals surface area contributed by atoms with Gasteiger partial charge in [-0.15, -0.1) is 0 Å². The summed E-state index contributed by atoms with van der Waals surface area (Å²) in [6.07, 6.45) is 1.06. The maximum atomic E-state index is 14.5. The summed E-state index contributed by atoms with van der Waals surface area (Å²) in [7, 11) is 0. The number of carbonyl (C=O) groups excluding carboxylic acids is 3. The smallest absolute Gasteiger partial charge is 0.410 e. The Morgan fingerprint density at radius 1 is 1.02 bits per heavy atom. The number of quaternary nitrogens is 1. The molecule has 0 bridgehead atoms. The molecule has 2 aliphatic rings. The molecular formula is C31H41Cl2N4O4+. The minimum Gasteiger partial charge on any atom is -0.444 e. The fourth-order valence-electron chi connectivity index (χ4n) is 5.85. The number of hydrogen-bond donors (Lipinski definition) is 2. The first-order valence-corrected chi connectivity index (χ1v) is 15.0. The predicted octanol–water partition coefficient (Wildman–Crippen LogP) is 5.43. The van der Waals surface area contributed by atoms with E-state index in [0.717, 1.165) is 16.7 Å². The van der Waals surface area contributed by atoms with Gasteiger partial charge in [0.2, 0.25) is 0 Å². The second kappa shape index (κ2) is 12.8. The van der Waals surface area contributed by atoms with E-state index in [1.165, 1.54) is 0 Å². The van der Waals surface area contributed by atoms with Crippen molar-refractivity contribution in [3.63, 3.8) is 0 Å². The molecule has 8 nitrogen and oxygen atoms in total. The summed E-state index contributed by atoms with van der Waals surface area (Å²) in [5.74, 6) is -0.415. The molecule has 222 valence electrons. The monoisotopic (exact) mass is 603 g/mol. The van der Waals surface area contributed by atoms with Gasteiger partial charge in [-0.3, -0.25) is 0 Å². The Morgan fingerprint density at radius 3 is 2.29 bits per heavy atom. The van der Waals surface area contributed by atoms with E-state index >= 15 is 0 Å². The molecule has 0 aliphatic carbocycles. The molecule has 2 fully saturated rings. The molecule has 1 unspecified atom stereocenters. The van der Waals surface area contributed by atoms with Gasteiger partial charge in [-0.2, -0.15) is 4.48 Å². The number of rotatable bonds is 5. The van der Waals surface area contributed by atoms with Crippen LogP contribution in [0.15, 0.2) is 36.4 Å². The van der Waals surface area contributed by atoms with Crippen LogP contribution in [0.25, 0.3) is 0 Å². The van der Waals surface area contributed by atoms with Gasteiger partial charge in [-0.25, -0.2) is 14.4 Å². The SMILES string of the molecule is Cc1cc(C)cc(C(=O)[N+]2(C(=O)CNC3CCN(C(=O)OC(C)(C)C)CC3)CCNC[C@H]2c2ccc(Cl)c(Cl)c2)c1. The number of hydrogen-bond acceptors (Lipinski definition) is 6. The van der Waals surface area contributed by atoms with E-state index in [4.69, 9.17) is 27.9 Å². The Labute approximate surface area is 252 Å². The van der Waals surface area contributed by atoms with Crippen molar-refractivity contribution < 1.29 is 23.6 Å². The number of imide groups is 1. The number of amides is 3. The number of ether oxygens (including phenoxy) is 1. The lowest BCUT2D eigenvalue weighted by Gasteiger charge is -2.44.